The second-order valence-corrected chi connectivity index (χ2v) is 16.8. The third-order valence-corrected chi connectivity index (χ3v) is 10.8. The smallest absolute Gasteiger partial charge is 0.306 e. The van der Waals surface area contributed by atoms with Crippen LogP contribution in [0.1, 0.15) is 253 Å². The van der Waals surface area contributed by atoms with Crippen molar-refractivity contribution in [2.24, 2.45) is 11.8 Å². The van der Waals surface area contributed by atoms with Crippen molar-refractivity contribution in [3.8, 4) is 0 Å². The van der Waals surface area contributed by atoms with Crippen molar-refractivity contribution in [1.82, 2.24) is 0 Å². The maximum atomic E-state index is 12.7. The van der Waals surface area contributed by atoms with E-state index in [0.717, 1.165) is 69.6 Å². The summed E-state index contributed by atoms with van der Waals surface area (Å²) in [4.78, 5) is 37.7. The van der Waals surface area contributed by atoms with Crippen molar-refractivity contribution in [3.05, 3.63) is 0 Å². The summed E-state index contributed by atoms with van der Waals surface area (Å²) in [6.07, 6.45) is 38.0. The zero-order valence-electron chi connectivity index (χ0n) is 36.1. The highest BCUT2D eigenvalue weighted by Crippen LogP contribution is 2.17. The molecule has 314 valence electrons. The number of ether oxygens (including phenoxy) is 3. The summed E-state index contributed by atoms with van der Waals surface area (Å²) in [7, 11) is 0. The highest BCUT2D eigenvalue weighted by atomic mass is 16.6. The van der Waals surface area contributed by atoms with E-state index in [0.29, 0.717) is 19.3 Å². The Bertz CT molecular complexity index is 811. The Labute approximate surface area is 329 Å². The van der Waals surface area contributed by atoms with Gasteiger partial charge in [0, 0.05) is 19.3 Å². The molecule has 53 heavy (non-hydrogen) atoms. The fourth-order valence-corrected chi connectivity index (χ4v) is 6.90. The predicted octanol–water partition coefficient (Wildman–Crippen LogP) is 14.6. The van der Waals surface area contributed by atoms with Gasteiger partial charge in [0.15, 0.2) is 6.10 Å². The number of rotatable bonds is 41. The lowest BCUT2D eigenvalue weighted by Crippen LogP contribution is -2.30. The van der Waals surface area contributed by atoms with Gasteiger partial charge in [0.2, 0.25) is 0 Å². The van der Waals surface area contributed by atoms with Crippen molar-refractivity contribution in [1.29, 1.82) is 0 Å². The topological polar surface area (TPSA) is 78.9 Å². The molecule has 0 heterocycles. The molecule has 6 heteroatoms. The standard InChI is InChI=1S/C47H90O6/c1-6-8-9-10-11-12-16-22-27-32-37-45(48)51-40-44(53-47(50)39-34-29-24-19-18-20-25-30-35-42(3)4)41-52-46(49)38-33-28-23-17-14-13-15-21-26-31-36-43(5)7-2/h42-44H,6-41H2,1-5H3/t43?,44-/m0/s1. The van der Waals surface area contributed by atoms with E-state index in [-0.39, 0.29) is 31.1 Å². The van der Waals surface area contributed by atoms with Crippen molar-refractivity contribution in [2.75, 3.05) is 13.2 Å². The SMILES string of the molecule is CCCCCCCCCCCCC(=O)OC[C@@H](COC(=O)CCCCCCCCCCCCC(C)CC)OC(=O)CCCCCCCCCCC(C)C. The van der Waals surface area contributed by atoms with Gasteiger partial charge in [-0.3, -0.25) is 14.4 Å². The Morgan fingerprint density at radius 3 is 1.08 bits per heavy atom. The first kappa shape index (κ1) is 51.4. The summed E-state index contributed by atoms with van der Waals surface area (Å²) in [5.74, 6) is 0.804. The zero-order chi connectivity index (χ0) is 39.0. The molecule has 0 aromatic carbocycles. The fraction of sp³-hybridized carbons (Fsp3) is 0.936. The predicted molar refractivity (Wildman–Crippen MR) is 224 cm³/mol. The molecule has 0 amide bonds. The molecule has 0 rings (SSSR count). The molecule has 0 N–H and O–H groups in total. The Balaban J connectivity index is 4.32. The molecule has 2 atom stereocenters. The summed E-state index contributed by atoms with van der Waals surface area (Å²) in [5.41, 5.74) is 0. The van der Waals surface area contributed by atoms with Crippen molar-refractivity contribution >= 4 is 17.9 Å². The molecule has 0 bridgehead atoms. The average Bonchev–Trinajstić information content (AvgIpc) is 3.14. The summed E-state index contributed by atoms with van der Waals surface area (Å²) >= 11 is 0. The molecule has 0 radical (unpaired) electrons. The molecule has 0 fully saturated rings. The lowest BCUT2D eigenvalue weighted by atomic mass is 9.99. The largest absolute Gasteiger partial charge is 0.462 e. The number of hydrogen-bond donors (Lipinski definition) is 0. The van der Waals surface area contributed by atoms with Gasteiger partial charge in [0.25, 0.3) is 0 Å². The van der Waals surface area contributed by atoms with Crippen LogP contribution in [0.2, 0.25) is 0 Å². The third-order valence-electron chi connectivity index (χ3n) is 10.8. The van der Waals surface area contributed by atoms with E-state index in [1.165, 1.54) is 141 Å². The van der Waals surface area contributed by atoms with Crippen LogP contribution < -0.4 is 0 Å². The van der Waals surface area contributed by atoms with Gasteiger partial charge in [0.05, 0.1) is 0 Å². The van der Waals surface area contributed by atoms with E-state index in [2.05, 4.69) is 34.6 Å². The van der Waals surface area contributed by atoms with Crippen LogP contribution in [-0.4, -0.2) is 37.2 Å². The Morgan fingerprint density at radius 1 is 0.396 bits per heavy atom. The average molecular weight is 751 g/mol. The number of esters is 3. The minimum atomic E-state index is -0.760. The fourth-order valence-electron chi connectivity index (χ4n) is 6.90. The quantitative estimate of drug-likeness (QED) is 0.0352. The lowest BCUT2D eigenvalue weighted by molar-refractivity contribution is -0.167. The molecule has 0 aliphatic rings. The van der Waals surface area contributed by atoms with Crippen LogP contribution >= 0.6 is 0 Å². The molecule has 0 aliphatic carbocycles. The van der Waals surface area contributed by atoms with E-state index >= 15 is 0 Å². The van der Waals surface area contributed by atoms with Crippen LogP contribution in [0, 0.1) is 11.8 Å². The second kappa shape index (κ2) is 40.1. The molecule has 0 saturated carbocycles. The number of carbonyl (C=O) groups is 3. The maximum absolute atomic E-state index is 12.7. The minimum Gasteiger partial charge on any atom is -0.462 e. The molecular formula is C47H90O6. The van der Waals surface area contributed by atoms with Gasteiger partial charge in [-0.15, -0.1) is 0 Å². The van der Waals surface area contributed by atoms with E-state index in [1.807, 2.05) is 0 Å². The first-order chi connectivity index (χ1) is 25.8. The van der Waals surface area contributed by atoms with E-state index < -0.39 is 6.10 Å². The molecule has 0 aromatic heterocycles. The highest BCUT2D eigenvalue weighted by molar-refractivity contribution is 5.71. The maximum Gasteiger partial charge on any atom is 0.306 e. The molecule has 0 saturated heterocycles. The van der Waals surface area contributed by atoms with Crippen LogP contribution in [0.5, 0.6) is 0 Å². The Kier molecular flexibility index (Phi) is 38.9. The molecule has 6 nitrogen and oxygen atoms in total. The van der Waals surface area contributed by atoms with Gasteiger partial charge in [0.1, 0.15) is 13.2 Å². The number of carbonyl (C=O) groups excluding carboxylic acids is 3. The number of unbranched alkanes of at least 4 members (excludes halogenated alkanes) is 25. The highest BCUT2D eigenvalue weighted by Gasteiger charge is 2.19. The molecule has 0 aliphatic heterocycles. The van der Waals surface area contributed by atoms with Gasteiger partial charge in [-0.1, -0.05) is 214 Å². The molecule has 0 aromatic rings. The van der Waals surface area contributed by atoms with Gasteiger partial charge >= 0.3 is 17.9 Å². The summed E-state index contributed by atoms with van der Waals surface area (Å²) in [6, 6.07) is 0. The van der Waals surface area contributed by atoms with E-state index in [1.54, 1.807) is 0 Å². The van der Waals surface area contributed by atoms with E-state index in [4.69, 9.17) is 14.2 Å². The van der Waals surface area contributed by atoms with E-state index in [9.17, 15) is 14.4 Å². The van der Waals surface area contributed by atoms with Crippen molar-refractivity contribution in [2.45, 2.75) is 259 Å². The van der Waals surface area contributed by atoms with Gasteiger partial charge in [-0.2, -0.15) is 0 Å². The van der Waals surface area contributed by atoms with Crippen molar-refractivity contribution in [3.63, 3.8) is 0 Å². The summed E-state index contributed by atoms with van der Waals surface area (Å²) in [6.45, 7) is 11.3. The van der Waals surface area contributed by atoms with Crippen molar-refractivity contribution < 1.29 is 28.6 Å². The van der Waals surface area contributed by atoms with Crippen LogP contribution in [0.25, 0.3) is 0 Å². The minimum absolute atomic E-state index is 0.0652. The Hall–Kier alpha value is -1.59. The van der Waals surface area contributed by atoms with Gasteiger partial charge in [-0.25, -0.2) is 0 Å². The third kappa shape index (κ3) is 39.9. The molecule has 0 spiro atoms. The summed E-state index contributed by atoms with van der Waals surface area (Å²) in [5, 5.41) is 0. The van der Waals surface area contributed by atoms with Crippen LogP contribution in [0.15, 0.2) is 0 Å². The second-order valence-electron chi connectivity index (χ2n) is 16.8. The first-order valence-electron chi connectivity index (χ1n) is 23.3. The normalized spacial score (nSPS) is 12.6. The van der Waals surface area contributed by atoms with Crippen LogP contribution in [0.4, 0.5) is 0 Å². The zero-order valence-corrected chi connectivity index (χ0v) is 36.1. The molecule has 1 unspecified atom stereocenters. The monoisotopic (exact) mass is 751 g/mol. The van der Waals surface area contributed by atoms with Gasteiger partial charge < -0.3 is 14.2 Å². The van der Waals surface area contributed by atoms with Crippen LogP contribution in [-0.2, 0) is 28.6 Å². The van der Waals surface area contributed by atoms with Gasteiger partial charge in [-0.05, 0) is 31.1 Å². The van der Waals surface area contributed by atoms with Crippen LogP contribution in [0.3, 0.4) is 0 Å². The number of hydrogen-bond acceptors (Lipinski definition) is 6. The Morgan fingerprint density at radius 2 is 0.717 bits per heavy atom. The first-order valence-corrected chi connectivity index (χ1v) is 23.3. The lowest BCUT2D eigenvalue weighted by Gasteiger charge is -2.18. The molecular weight excluding hydrogens is 661 g/mol. The summed E-state index contributed by atoms with van der Waals surface area (Å²) < 4.78 is 16.7.